The molecule has 1 aromatic rings. The van der Waals surface area contributed by atoms with Gasteiger partial charge in [0.1, 0.15) is 12.0 Å². The molecule has 0 spiro atoms. The van der Waals surface area contributed by atoms with E-state index in [-0.39, 0.29) is 23.5 Å². The molecule has 1 rings (SSSR count). The Morgan fingerprint density at radius 1 is 1.42 bits per heavy atom. The number of aromatic hydroxyl groups is 1. The fourth-order valence-electron chi connectivity index (χ4n) is 1.67. The summed E-state index contributed by atoms with van der Waals surface area (Å²) in [6.45, 7) is 7.63. The van der Waals surface area contributed by atoms with Crippen LogP contribution < -0.4 is 5.32 Å². The molecule has 5 nitrogen and oxygen atoms in total. The first-order valence-electron chi connectivity index (χ1n) is 6.06. The minimum atomic E-state index is -0.666. The van der Waals surface area contributed by atoms with Crippen molar-refractivity contribution in [1.29, 1.82) is 0 Å². The first kappa shape index (κ1) is 15.0. The van der Waals surface area contributed by atoms with Crippen LogP contribution >= 0.6 is 0 Å². The van der Waals surface area contributed by atoms with Gasteiger partial charge in [-0.15, -0.1) is 0 Å². The third-order valence-corrected chi connectivity index (χ3v) is 2.59. The van der Waals surface area contributed by atoms with Gasteiger partial charge in [0.25, 0.3) is 0 Å². The van der Waals surface area contributed by atoms with E-state index in [1.807, 2.05) is 20.8 Å². The van der Waals surface area contributed by atoms with Gasteiger partial charge in [-0.1, -0.05) is 20.8 Å². The Balaban J connectivity index is 3.24. The molecule has 0 unspecified atom stereocenters. The highest BCUT2D eigenvalue weighted by molar-refractivity contribution is 5.90. The predicted octanol–water partition coefficient (Wildman–Crippen LogP) is 3.07. The predicted molar refractivity (Wildman–Crippen MR) is 72.8 cm³/mol. The SMILES string of the molecule is CCOC(=O)Nc1cc(C=O)cc(C(C)(C)C)c1O. The average Bonchev–Trinajstić information content (AvgIpc) is 2.30. The fraction of sp³-hybridized carbons (Fsp3) is 0.429. The van der Waals surface area contributed by atoms with E-state index in [0.717, 1.165) is 0 Å². The zero-order valence-corrected chi connectivity index (χ0v) is 11.6. The van der Waals surface area contributed by atoms with Gasteiger partial charge in [-0.05, 0) is 24.5 Å². The van der Waals surface area contributed by atoms with Crippen molar-refractivity contribution in [1.82, 2.24) is 0 Å². The number of carbonyl (C=O) groups excluding carboxylic acids is 2. The molecule has 0 saturated carbocycles. The van der Waals surface area contributed by atoms with Gasteiger partial charge in [0, 0.05) is 11.1 Å². The van der Waals surface area contributed by atoms with Crippen LogP contribution in [-0.4, -0.2) is 24.1 Å². The molecule has 5 heteroatoms. The van der Waals surface area contributed by atoms with Crippen molar-refractivity contribution >= 4 is 18.1 Å². The molecule has 0 heterocycles. The lowest BCUT2D eigenvalue weighted by atomic mass is 9.85. The lowest BCUT2D eigenvalue weighted by Crippen LogP contribution is -2.16. The summed E-state index contributed by atoms with van der Waals surface area (Å²) < 4.78 is 4.75. The van der Waals surface area contributed by atoms with Gasteiger partial charge in [-0.25, -0.2) is 4.79 Å². The Morgan fingerprint density at radius 3 is 2.53 bits per heavy atom. The summed E-state index contributed by atoms with van der Waals surface area (Å²) in [4.78, 5) is 22.3. The molecule has 0 aliphatic carbocycles. The molecule has 0 bridgehead atoms. The summed E-state index contributed by atoms with van der Waals surface area (Å²) in [5.74, 6) is -0.0499. The maximum absolute atomic E-state index is 11.4. The number of aldehydes is 1. The fourth-order valence-corrected chi connectivity index (χ4v) is 1.67. The van der Waals surface area contributed by atoms with Gasteiger partial charge < -0.3 is 9.84 Å². The zero-order valence-electron chi connectivity index (χ0n) is 11.6. The van der Waals surface area contributed by atoms with Crippen LogP contribution in [0, 0.1) is 0 Å². The molecular weight excluding hydrogens is 246 g/mol. The quantitative estimate of drug-likeness (QED) is 0.650. The number of benzene rings is 1. The van der Waals surface area contributed by atoms with Crippen LogP contribution in [0.25, 0.3) is 0 Å². The molecule has 0 aliphatic heterocycles. The van der Waals surface area contributed by atoms with E-state index in [1.165, 1.54) is 6.07 Å². The van der Waals surface area contributed by atoms with Crippen molar-refractivity contribution in [2.45, 2.75) is 33.1 Å². The van der Waals surface area contributed by atoms with Gasteiger partial charge in [0.15, 0.2) is 0 Å². The number of ether oxygens (including phenoxy) is 1. The van der Waals surface area contributed by atoms with Crippen LogP contribution in [0.15, 0.2) is 12.1 Å². The molecule has 19 heavy (non-hydrogen) atoms. The maximum atomic E-state index is 11.4. The van der Waals surface area contributed by atoms with Gasteiger partial charge in [-0.3, -0.25) is 10.1 Å². The number of amides is 1. The number of nitrogens with one attached hydrogen (secondary N) is 1. The van der Waals surface area contributed by atoms with Crippen molar-refractivity contribution in [2.75, 3.05) is 11.9 Å². The van der Waals surface area contributed by atoms with Crippen LogP contribution in [0.4, 0.5) is 10.5 Å². The van der Waals surface area contributed by atoms with Crippen molar-refractivity contribution in [3.8, 4) is 5.75 Å². The van der Waals surface area contributed by atoms with Crippen LogP contribution in [-0.2, 0) is 10.2 Å². The smallest absolute Gasteiger partial charge is 0.411 e. The zero-order chi connectivity index (χ0) is 14.6. The highest BCUT2D eigenvalue weighted by atomic mass is 16.5. The number of hydrogen-bond acceptors (Lipinski definition) is 4. The molecule has 0 saturated heterocycles. The van der Waals surface area contributed by atoms with Crippen LogP contribution in [0.3, 0.4) is 0 Å². The van der Waals surface area contributed by atoms with E-state index in [9.17, 15) is 14.7 Å². The lowest BCUT2D eigenvalue weighted by molar-refractivity contribution is 0.112. The van der Waals surface area contributed by atoms with E-state index < -0.39 is 6.09 Å². The number of phenolic OH excluding ortho intramolecular Hbond substituents is 1. The summed E-state index contributed by atoms with van der Waals surface area (Å²) >= 11 is 0. The van der Waals surface area contributed by atoms with Crippen molar-refractivity contribution in [3.63, 3.8) is 0 Å². The monoisotopic (exact) mass is 265 g/mol. The number of hydrogen-bond donors (Lipinski definition) is 2. The second kappa shape index (κ2) is 5.73. The molecule has 0 fully saturated rings. The Bertz CT molecular complexity index is 489. The van der Waals surface area contributed by atoms with Gasteiger partial charge in [-0.2, -0.15) is 0 Å². The van der Waals surface area contributed by atoms with E-state index in [0.29, 0.717) is 17.4 Å². The van der Waals surface area contributed by atoms with Crippen LogP contribution in [0.1, 0.15) is 43.6 Å². The molecule has 0 radical (unpaired) electrons. The van der Waals surface area contributed by atoms with Gasteiger partial charge in [0.2, 0.25) is 0 Å². The average molecular weight is 265 g/mol. The Kier molecular flexibility index (Phi) is 4.53. The van der Waals surface area contributed by atoms with Crippen molar-refractivity contribution in [2.24, 2.45) is 0 Å². The number of carbonyl (C=O) groups is 2. The Hall–Kier alpha value is -2.04. The van der Waals surface area contributed by atoms with Crippen molar-refractivity contribution < 1.29 is 19.4 Å². The third kappa shape index (κ3) is 3.71. The van der Waals surface area contributed by atoms with Crippen LogP contribution in [0.5, 0.6) is 5.75 Å². The van der Waals surface area contributed by atoms with Gasteiger partial charge >= 0.3 is 6.09 Å². The second-order valence-electron chi connectivity index (χ2n) is 5.18. The summed E-state index contributed by atoms with van der Waals surface area (Å²) in [5.41, 5.74) is 0.792. The van der Waals surface area contributed by atoms with E-state index in [2.05, 4.69) is 5.32 Å². The minimum absolute atomic E-state index is 0.0499. The summed E-state index contributed by atoms with van der Waals surface area (Å²) in [7, 11) is 0. The van der Waals surface area contributed by atoms with Gasteiger partial charge in [0.05, 0.1) is 12.3 Å². The van der Waals surface area contributed by atoms with E-state index >= 15 is 0 Å². The molecule has 2 N–H and O–H groups in total. The Morgan fingerprint density at radius 2 is 2.05 bits per heavy atom. The van der Waals surface area contributed by atoms with E-state index in [4.69, 9.17) is 4.74 Å². The maximum Gasteiger partial charge on any atom is 0.411 e. The third-order valence-electron chi connectivity index (χ3n) is 2.59. The molecule has 0 atom stereocenters. The topological polar surface area (TPSA) is 75.6 Å². The molecular formula is C14H19NO4. The Labute approximate surface area is 112 Å². The summed E-state index contributed by atoms with van der Waals surface area (Å²) in [5, 5.41) is 12.6. The normalized spacial score (nSPS) is 10.9. The standard InChI is InChI=1S/C14H19NO4/c1-5-19-13(18)15-11-7-9(8-16)6-10(12(11)17)14(2,3)4/h6-8,17H,5H2,1-4H3,(H,15,18). The van der Waals surface area contributed by atoms with E-state index in [1.54, 1.807) is 13.0 Å². The molecule has 104 valence electrons. The summed E-state index contributed by atoms with van der Waals surface area (Å²) in [6.07, 6.45) is 0.00563. The largest absolute Gasteiger partial charge is 0.505 e. The van der Waals surface area contributed by atoms with Crippen LogP contribution in [0.2, 0.25) is 0 Å². The first-order chi connectivity index (χ1) is 8.79. The van der Waals surface area contributed by atoms with Crippen molar-refractivity contribution in [3.05, 3.63) is 23.3 Å². The summed E-state index contributed by atoms with van der Waals surface area (Å²) in [6, 6.07) is 3.02. The highest BCUT2D eigenvalue weighted by Crippen LogP contribution is 2.37. The second-order valence-corrected chi connectivity index (χ2v) is 5.18. The molecule has 0 aromatic heterocycles. The number of rotatable bonds is 3. The molecule has 0 aliphatic rings. The minimum Gasteiger partial charge on any atom is -0.505 e. The lowest BCUT2D eigenvalue weighted by Gasteiger charge is -2.22. The number of phenols is 1. The number of anilines is 1. The molecule has 1 amide bonds. The first-order valence-corrected chi connectivity index (χ1v) is 6.06. The molecule has 1 aromatic carbocycles. The highest BCUT2D eigenvalue weighted by Gasteiger charge is 2.22.